The molecule has 0 N–H and O–H groups in total. The molecule has 1 fully saturated rings. The lowest BCUT2D eigenvalue weighted by Crippen LogP contribution is -2.13. The highest BCUT2D eigenvalue weighted by Crippen LogP contribution is 2.13. The van der Waals surface area contributed by atoms with Gasteiger partial charge in [0.15, 0.2) is 0 Å². The molecule has 1 aliphatic heterocycles. The number of ether oxygens (including phenoxy) is 2. The van der Waals surface area contributed by atoms with Crippen LogP contribution in [-0.2, 0) is 16.1 Å². The van der Waals surface area contributed by atoms with Crippen LogP contribution in [0.15, 0.2) is 18.3 Å². The third-order valence-electron chi connectivity index (χ3n) is 2.54. The van der Waals surface area contributed by atoms with Crippen molar-refractivity contribution in [2.24, 2.45) is 0 Å². The molecule has 1 aromatic rings. The molecule has 0 aliphatic carbocycles. The molecule has 0 aromatic carbocycles. The van der Waals surface area contributed by atoms with E-state index in [1.165, 1.54) is 0 Å². The molecular weight excluding hydrogens is 204 g/mol. The lowest BCUT2D eigenvalue weighted by atomic mass is 10.2. The van der Waals surface area contributed by atoms with Gasteiger partial charge in [0.25, 0.3) is 0 Å². The summed E-state index contributed by atoms with van der Waals surface area (Å²) in [5, 5.41) is 8.69. The average Bonchev–Trinajstić information content (AvgIpc) is 2.82. The van der Waals surface area contributed by atoms with Crippen LogP contribution in [0.1, 0.15) is 24.1 Å². The van der Waals surface area contributed by atoms with Crippen molar-refractivity contribution in [3.05, 3.63) is 29.6 Å². The molecule has 4 heteroatoms. The van der Waals surface area contributed by atoms with Gasteiger partial charge in [-0.15, -0.1) is 0 Å². The van der Waals surface area contributed by atoms with E-state index in [0.29, 0.717) is 18.9 Å². The first-order valence-corrected chi connectivity index (χ1v) is 5.43. The predicted octanol–water partition coefficient (Wildman–Crippen LogP) is 1.65. The Morgan fingerprint density at radius 3 is 3.31 bits per heavy atom. The van der Waals surface area contributed by atoms with Crippen LogP contribution in [0.25, 0.3) is 0 Å². The van der Waals surface area contributed by atoms with Gasteiger partial charge < -0.3 is 9.47 Å². The molecule has 1 unspecified atom stereocenters. The SMILES string of the molecule is N#Cc1cc(COCC2CCCO2)ccn1. The summed E-state index contributed by atoms with van der Waals surface area (Å²) < 4.78 is 11.0. The van der Waals surface area contributed by atoms with Crippen molar-refractivity contribution in [2.75, 3.05) is 13.2 Å². The minimum atomic E-state index is 0.247. The summed E-state index contributed by atoms with van der Waals surface area (Å²) >= 11 is 0. The van der Waals surface area contributed by atoms with Crippen molar-refractivity contribution >= 4 is 0 Å². The van der Waals surface area contributed by atoms with Crippen LogP contribution in [0, 0.1) is 11.3 Å². The van der Waals surface area contributed by atoms with E-state index in [2.05, 4.69) is 4.98 Å². The van der Waals surface area contributed by atoms with E-state index in [-0.39, 0.29) is 6.10 Å². The maximum absolute atomic E-state index is 8.69. The zero-order chi connectivity index (χ0) is 11.2. The van der Waals surface area contributed by atoms with Crippen LogP contribution in [0.5, 0.6) is 0 Å². The second-order valence-electron chi connectivity index (χ2n) is 3.81. The van der Waals surface area contributed by atoms with E-state index in [9.17, 15) is 0 Å². The zero-order valence-electron chi connectivity index (χ0n) is 9.06. The first kappa shape index (κ1) is 11.1. The quantitative estimate of drug-likeness (QED) is 0.771. The summed E-state index contributed by atoms with van der Waals surface area (Å²) in [5.41, 5.74) is 1.41. The number of pyridine rings is 1. The van der Waals surface area contributed by atoms with Crippen LogP contribution < -0.4 is 0 Å². The summed E-state index contributed by atoms with van der Waals surface area (Å²) in [6, 6.07) is 5.61. The summed E-state index contributed by atoms with van der Waals surface area (Å²) in [7, 11) is 0. The van der Waals surface area contributed by atoms with Crippen molar-refractivity contribution in [3.63, 3.8) is 0 Å². The molecule has 84 valence electrons. The van der Waals surface area contributed by atoms with E-state index < -0.39 is 0 Å². The highest BCUT2D eigenvalue weighted by Gasteiger charge is 2.15. The number of nitriles is 1. The second-order valence-corrected chi connectivity index (χ2v) is 3.81. The molecule has 0 saturated carbocycles. The Hall–Kier alpha value is -1.44. The number of nitrogens with zero attached hydrogens (tertiary/aromatic N) is 2. The van der Waals surface area contributed by atoms with Gasteiger partial charge in [-0.2, -0.15) is 5.26 Å². The van der Waals surface area contributed by atoms with Crippen molar-refractivity contribution < 1.29 is 9.47 Å². The fourth-order valence-electron chi connectivity index (χ4n) is 1.71. The van der Waals surface area contributed by atoms with Gasteiger partial charge in [-0.25, -0.2) is 4.98 Å². The van der Waals surface area contributed by atoms with Gasteiger partial charge >= 0.3 is 0 Å². The number of hydrogen-bond acceptors (Lipinski definition) is 4. The number of hydrogen-bond donors (Lipinski definition) is 0. The Kier molecular flexibility index (Phi) is 3.86. The molecule has 0 amide bonds. The van der Waals surface area contributed by atoms with Gasteiger partial charge in [-0.1, -0.05) is 0 Å². The fraction of sp³-hybridized carbons (Fsp3) is 0.500. The van der Waals surface area contributed by atoms with Gasteiger partial charge in [-0.3, -0.25) is 0 Å². The molecule has 1 saturated heterocycles. The Balaban J connectivity index is 1.78. The molecule has 16 heavy (non-hydrogen) atoms. The van der Waals surface area contributed by atoms with E-state index in [0.717, 1.165) is 25.0 Å². The van der Waals surface area contributed by atoms with Gasteiger partial charge in [0.2, 0.25) is 0 Å². The molecular formula is C12H14N2O2. The lowest BCUT2D eigenvalue weighted by molar-refractivity contribution is 0.0106. The zero-order valence-corrected chi connectivity index (χ0v) is 9.06. The van der Waals surface area contributed by atoms with Crippen LogP contribution in [0.4, 0.5) is 0 Å². The topological polar surface area (TPSA) is 55.1 Å². The van der Waals surface area contributed by atoms with Crippen molar-refractivity contribution in [1.29, 1.82) is 5.26 Å². The second kappa shape index (κ2) is 5.59. The monoisotopic (exact) mass is 218 g/mol. The molecule has 1 aromatic heterocycles. The maximum atomic E-state index is 8.69. The summed E-state index contributed by atoms with van der Waals surface area (Å²) in [5.74, 6) is 0. The molecule has 0 radical (unpaired) electrons. The summed E-state index contributed by atoms with van der Waals surface area (Å²) in [4.78, 5) is 3.90. The third kappa shape index (κ3) is 3.02. The Bertz CT molecular complexity index is 381. The molecule has 1 atom stereocenters. The Labute approximate surface area is 94.8 Å². The van der Waals surface area contributed by atoms with Gasteiger partial charge in [0.1, 0.15) is 11.8 Å². The third-order valence-corrected chi connectivity index (χ3v) is 2.54. The fourth-order valence-corrected chi connectivity index (χ4v) is 1.71. The molecule has 2 rings (SSSR count). The summed E-state index contributed by atoms with van der Waals surface area (Å²) in [6.07, 6.45) is 4.09. The smallest absolute Gasteiger partial charge is 0.140 e. The van der Waals surface area contributed by atoms with E-state index in [4.69, 9.17) is 14.7 Å². The number of aromatic nitrogens is 1. The molecule has 0 bridgehead atoms. The minimum Gasteiger partial charge on any atom is -0.376 e. The standard InChI is InChI=1S/C12H14N2O2/c13-7-11-6-10(3-4-14-11)8-15-9-12-2-1-5-16-12/h3-4,6,12H,1-2,5,8-9H2. The molecule has 2 heterocycles. The van der Waals surface area contributed by atoms with Gasteiger partial charge in [0, 0.05) is 12.8 Å². The number of rotatable bonds is 4. The van der Waals surface area contributed by atoms with E-state index in [1.807, 2.05) is 12.1 Å². The largest absolute Gasteiger partial charge is 0.376 e. The van der Waals surface area contributed by atoms with Crippen LogP contribution in [0.2, 0.25) is 0 Å². The van der Waals surface area contributed by atoms with Crippen molar-refractivity contribution in [2.45, 2.75) is 25.6 Å². The normalized spacial score (nSPS) is 19.6. The first-order chi connectivity index (χ1) is 7.88. The van der Waals surface area contributed by atoms with Gasteiger partial charge in [-0.05, 0) is 30.5 Å². The molecule has 0 spiro atoms. The van der Waals surface area contributed by atoms with Gasteiger partial charge in [0.05, 0.1) is 19.3 Å². The first-order valence-electron chi connectivity index (χ1n) is 5.43. The predicted molar refractivity (Wildman–Crippen MR) is 57.6 cm³/mol. The van der Waals surface area contributed by atoms with Crippen LogP contribution in [0.3, 0.4) is 0 Å². The highest BCUT2D eigenvalue weighted by molar-refractivity contribution is 5.24. The van der Waals surface area contributed by atoms with Crippen molar-refractivity contribution in [3.8, 4) is 6.07 Å². The maximum Gasteiger partial charge on any atom is 0.140 e. The molecule has 4 nitrogen and oxygen atoms in total. The Morgan fingerprint density at radius 1 is 1.62 bits per heavy atom. The average molecular weight is 218 g/mol. The van der Waals surface area contributed by atoms with E-state index in [1.54, 1.807) is 12.3 Å². The van der Waals surface area contributed by atoms with E-state index >= 15 is 0 Å². The summed E-state index contributed by atoms with van der Waals surface area (Å²) in [6.45, 7) is 1.99. The lowest BCUT2D eigenvalue weighted by Gasteiger charge is -2.09. The van der Waals surface area contributed by atoms with Crippen molar-refractivity contribution in [1.82, 2.24) is 4.98 Å². The Morgan fingerprint density at radius 2 is 2.56 bits per heavy atom. The van der Waals surface area contributed by atoms with Crippen LogP contribution >= 0.6 is 0 Å². The molecule has 1 aliphatic rings. The van der Waals surface area contributed by atoms with Crippen LogP contribution in [-0.4, -0.2) is 24.3 Å². The minimum absolute atomic E-state index is 0.247. The highest BCUT2D eigenvalue weighted by atomic mass is 16.5.